The minimum absolute atomic E-state index is 0.0152. The van der Waals surface area contributed by atoms with Crippen LogP contribution in [0.5, 0.6) is 0 Å². The van der Waals surface area contributed by atoms with Crippen molar-refractivity contribution in [2.45, 2.75) is 37.8 Å². The Balaban J connectivity index is 1.58. The second kappa shape index (κ2) is 10.7. The molecule has 5 rings (SSSR count). The number of nitrogens with zero attached hydrogens (tertiary/aromatic N) is 1. The number of amides is 1. The van der Waals surface area contributed by atoms with Gasteiger partial charge in [-0.05, 0) is 54.7 Å². The molecule has 1 aliphatic heterocycles. The number of Topliss-reactive ketones (excluding diaryl/α,β-unsaturated/α-hetero) is 1. The first kappa shape index (κ1) is 27.2. The fraction of sp³-hybridized carbons (Fsp3) is 0.250. The summed E-state index contributed by atoms with van der Waals surface area (Å²) in [6.45, 7) is 1.73. The van der Waals surface area contributed by atoms with E-state index < -0.39 is 23.6 Å². The zero-order valence-corrected chi connectivity index (χ0v) is 22.5. The minimum Gasteiger partial charge on any atom is -0.378 e. The molecule has 5 nitrogen and oxygen atoms in total. The summed E-state index contributed by atoms with van der Waals surface area (Å²) >= 11 is 0. The quantitative estimate of drug-likeness (QED) is 0.372. The number of para-hydroxylation sites is 1. The Morgan fingerprint density at radius 1 is 0.900 bits per heavy atom. The summed E-state index contributed by atoms with van der Waals surface area (Å²) in [7, 11) is 3.82. The first-order valence-corrected chi connectivity index (χ1v) is 13.1. The molecule has 40 heavy (non-hydrogen) atoms. The highest BCUT2D eigenvalue weighted by Gasteiger charge is 2.41. The van der Waals surface area contributed by atoms with Crippen molar-refractivity contribution in [1.29, 1.82) is 0 Å². The van der Waals surface area contributed by atoms with Gasteiger partial charge >= 0.3 is 6.18 Å². The molecule has 8 heteroatoms. The number of hydrogen-bond acceptors (Lipinski definition) is 4. The number of rotatable bonds is 5. The van der Waals surface area contributed by atoms with Gasteiger partial charge in [-0.15, -0.1) is 0 Å². The third-order valence-corrected chi connectivity index (χ3v) is 7.57. The van der Waals surface area contributed by atoms with E-state index in [0.29, 0.717) is 17.7 Å². The highest BCUT2D eigenvalue weighted by atomic mass is 19.4. The fourth-order valence-electron chi connectivity index (χ4n) is 5.63. The summed E-state index contributed by atoms with van der Waals surface area (Å²) < 4.78 is 41.0. The maximum Gasteiger partial charge on any atom is 0.418 e. The van der Waals surface area contributed by atoms with Gasteiger partial charge in [0.25, 0.3) is 5.91 Å². The van der Waals surface area contributed by atoms with Gasteiger partial charge in [0, 0.05) is 54.7 Å². The molecule has 206 valence electrons. The van der Waals surface area contributed by atoms with E-state index in [1.807, 2.05) is 73.6 Å². The van der Waals surface area contributed by atoms with Gasteiger partial charge in [-0.25, -0.2) is 0 Å². The molecule has 0 aromatic heterocycles. The zero-order valence-electron chi connectivity index (χ0n) is 22.5. The fourth-order valence-corrected chi connectivity index (χ4v) is 5.63. The van der Waals surface area contributed by atoms with Crippen molar-refractivity contribution in [2.24, 2.45) is 0 Å². The van der Waals surface area contributed by atoms with Crippen LogP contribution < -0.4 is 15.5 Å². The van der Waals surface area contributed by atoms with Crippen molar-refractivity contribution < 1.29 is 22.8 Å². The van der Waals surface area contributed by atoms with Crippen molar-refractivity contribution >= 4 is 23.1 Å². The van der Waals surface area contributed by atoms with Gasteiger partial charge in [-0.3, -0.25) is 9.59 Å². The molecule has 1 heterocycles. The minimum atomic E-state index is -4.64. The lowest BCUT2D eigenvalue weighted by Crippen LogP contribution is -2.37. The number of allylic oxidation sites excluding steroid dienone is 3. The Labute approximate surface area is 231 Å². The Morgan fingerprint density at radius 2 is 1.55 bits per heavy atom. The van der Waals surface area contributed by atoms with Crippen LogP contribution in [0.4, 0.5) is 24.5 Å². The third kappa shape index (κ3) is 5.26. The molecule has 3 aromatic rings. The lowest BCUT2D eigenvalue weighted by Gasteiger charge is -2.37. The smallest absolute Gasteiger partial charge is 0.378 e. The van der Waals surface area contributed by atoms with Crippen LogP contribution in [0.25, 0.3) is 0 Å². The molecular formula is C32H30F3N3O2. The van der Waals surface area contributed by atoms with Crippen molar-refractivity contribution in [3.8, 4) is 0 Å². The molecule has 1 aliphatic carbocycles. The first-order valence-electron chi connectivity index (χ1n) is 13.1. The number of ketones is 1. The standard InChI is InChI=1S/C32H30F3N3O2/c1-19-28(31(40)37-25-12-8-7-11-24(25)32(33,34)35)29(21-13-15-23(16-14-21)38(2)3)30-26(36-19)17-22(18-27(30)39)20-9-5-4-6-10-20/h4-16,22,29,36H,17-18H2,1-3H3,(H,37,40)/t22-,29+/m1/s1. The number of alkyl halides is 3. The number of nitrogens with one attached hydrogen (secondary N) is 2. The number of carbonyl (C=O) groups excluding carboxylic acids is 2. The topological polar surface area (TPSA) is 61.4 Å². The number of halogens is 3. The molecule has 2 aliphatic rings. The first-order chi connectivity index (χ1) is 19.0. The van der Waals surface area contributed by atoms with Gasteiger partial charge in [-0.1, -0.05) is 54.6 Å². The highest BCUT2D eigenvalue weighted by molar-refractivity contribution is 6.10. The largest absolute Gasteiger partial charge is 0.418 e. The molecule has 2 atom stereocenters. The van der Waals surface area contributed by atoms with Crippen LogP contribution in [-0.2, 0) is 15.8 Å². The molecule has 2 N–H and O–H groups in total. The molecule has 0 unspecified atom stereocenters. The van der Waals surface area contributed by atoms with E-state index in [-0.39, 0.29) is 29.4 Å². The van der Waals surface area contributed by atoms with Gasteiger partial charge in [0.15, 0.2) is 5.78 Å². The summed E-state index contributed by atoms with van der Waals surface area (Å²) in [6.07, 6.45) is -3.77. The molecule has 0 radical (unpaired) electrons. The molecule has 0 saturated carbocycles. The Kier molecular flexibility index (Phi) is 7.27. The summed E-state index contributed by atoms with van der Waals surface area (Å²) in [5, 5.41) is 5.78. The maximum absolute atomic E-state index is 13.8. The molecule has 0 bridgehead atoms. The SMILES string of the molecule is CC1=C(C(=O)Nc2ccccc2C(F)(F)F)[C@H](c2ccc(N(C)C)cc2)C2=C(C[C@@H](c3ccccc3)CC2=O)N1. The van der Waals surface area contributed by atoms with Crippen molar-refractivity contribution in [2.75, 3.05) is 24.3 Å². The Bertz CT molecular complexity index is 1510. The van der Waals surface area contributed by atoms with Gasteiger partial charge in [0.2, 0.25) is 0 Å². The lowest BCUT2D eigenvalue weighted by atomic mass is 9.71. The average Bonchev–Trinajstić information content (AvgIpc) is 2.92. The van der Waals surface area contributed by atoms with Crippen LogP contribution in [0.3, 0.4) is 0 Å². The molecular weight excluding hydrogens is 515 g/mol. The van der Waals surface area contributed by atoms with E-state index >= 15 is 0 Å². The number of anilines is 2. The van der Waals surface area contributed by atoms with Gasteiger partial charge in [-0.2, -0.15) is 13.2 Å². The third-order valence-electron chi connectivity index (χ3n) is 7.57. The Morgan fingerprint density at radius 3 is 2.20 bits per heavy atom. The van der Waals surface area contributed by atoms with Crippen molar-refractivity contribution in [3.63, 3.8) is 0 Å². The predicted molar refractivity (Wildman–Crippen MR) is 150 cm³/mol. The molecule has 0 spiro atoms. The lowest BCUT2D eigenvalue weighted by molar-refractivity contribution is -0.137. The zero-order chi connectivity index (χ0) is 28.6. The van der Waals surface area contributed by atoms with E-state index in [2.05, 4.69) is 10.6 Å². The summed E-state index contributed by atoms with van der Waals surface area (Å²) in [6, 6.07) is 22.3. The van der Waals surface area contributed by atoms with Crippen molar-refractivity contribution in [3.05, 3.63) is 118 Å². The van der Waals surface area contributed by atoms with Crippen LogP contribution in [-0.4, -0.2) is 25.8 Å². The van der Waals surface area contributed by atoms with E-state index in [0.717, 1.165) is 28.6 Å². The van der Waals surface area contributed by atoms with E-state index in [4.69, 9.17) is 0 Å². The molecule has 0 fully saturated rings. The van der Waals surface area contributed by atoms with Crippen molar-refractivity contribution in [1.82, 2.24) is 5.32 Å². The maximum atomic E-state index is 13.8. The highest BCUT2D eigenvalue weighted by Crippen LogP contribution is 2.46. The number of benzene rings is 3. The molecule has 3 aromatic carbocycles. The van der Waals surface area contributed by atoms with Crippen LogP contribution in [0, 0.1) is 0 Å². The normalized spacial score (nSPS) is 19.2. The number of dihydropyridines is 1. The number of carbonyl (C=O) groups is 2. The van der Waals surface area contributed by atoms with E-state index in [1.165, 1.54) is 18.2 Å². The van der Waals surface area contributed by atoms with Gasteiger partial charge < -0.3 is 15.5 Å². The summed E-state index contributed by atoms with van der Waals surface area (Å²) in [4.78, 5) is 29.5. The predicted octanol–water partition coefficient (Wildman–Crippen LogP) is 6.77. The van der Waals surface area contributed by atoms with E-state index in [9.17, 15) is 22.8 Å². The summed E-state index contributed by atoms with van der Waals surface area (Å²) in [5.41, 5.74) is 3.42. The van der Waals surface area contributed by atoms with Crippen LogP contribution in [0.1, 0.15) is 48.3 Å². The van der Waals surface area contributed by atoms with Crippen LogP contribution >= 0.6 is 0 Å². The molecule has 0 saturated heterocycles. The monoisotopic (exact) mass is 545 g/mol. The number of hydrogen-bond donors (Lipinski definition) is 2. The van der Waals surface area contributed by atoms with Gasteiger partial charge in [0.1, 0.15) is 0 Å². The second-order valence-electron chi connectivity index (χ2n) is 10.4. The summed E-state index contributed by atoms with van der Waals surface area (Å²) in [5.74, 6) is -1.51. The van der Waals surface area contributed by atoms with Crippen LogP contribution in [0.2, 0.25) is 0 Å². The average molecular weight is 546 g/mol. The second-order valence-corrected chi connectivity index (χ2v) is 10.4. The van der Waals surface area contributed by atoms with Crippen LogP contribution in [0.15, 0.2) is 101 Å². The van der Waals surface area contributed by atoms with Gasteiger partial charge in [0.05, 0.1) is 11.3 Å². The molecule has 1 amide bonds. The Hall–Kier alpha value is -4.33. The van der Waals surface area contributed by atoms with E-state index in [1.54, 1.807) is 6.92 Å².